The van der Waals surface area contributed by atoms with Crippen molar-refractivity contribution >= 4 is 0 Å². The van der Waals surface area contributed by atoms with Gasteiger partial charge in [-0.3, -0.25) is 9.36 Å². The molecule has 2 rings (SSSR count). The lowest BCUT2D eigenvalue weighted by atomic mass is 10.2. The number of aromatic nitrogens is 5. The molecule has 0 fully saturated rings. The third-order valence-corrected chi connectivity index (χ3v) is 3.01. The van der Waals surface area contributed by atoms with Crippen LogP contribution in [-0.2, 0) is 19.6 Å². The fourth-order valence-electron chi connectivity index (χ4n) is 1.99. The molecule has 0 saturated carbocycles. The minimum absolute atomic E-state index is 0.144. The van der Waals surface area contributed by atoms with E-state index in [1.165, 1.54) is 27.7 Å². The van der Waals surface area contributed by atoms with Gasteiger partial charge in [-0.25, -0.2) is 14.5 Å². The average molecular weight is 277 g/mol. The molecule has 20 heavy (non-hydrogen) atoms. The van der Waals surface area contributed by atoms with E-state index in [4.69, 9.17) is 0 Å². The first kappa shape index (κ1) is 14.2. The molecule has 108 valence electrons. The van der Waals surface area contributed by atoms with Crippen LogP contribution in [0.4, 0.5) is 0 Å². The van der Waals surface area contributed by atoms with Crippen molar-refractivity contribution in [1.82, 2.24) is 23.9 Å². The Labute approximate surface area is 116 Å². The van der Waals surface area contributed by atoms with E-state index in [0.717, 1.165) is 0 Å². The van der Waals surface area contributed by atoms with Gasteiger partial charge in [0.1, 0.15) is 12.2 Å². The van der Waals surface area contributed by atoms with E-state index in [9.17, 15) is 9.59 Å². The number of aryl methyl sites for hydroxylation is 1. The van der Waals surface area contributed by atoms with E-state index in [1.54, 1.807) is 4.68 Å². The summed E-state index contributed by atoms with van der Waals surface area (Å²) in [6.07, 6.45) is 2.96. The van der Waals surface area contributed by atoms with Crippen LogP contribution in [0.3, 0.4) is 0 Å². The summed E-state index contributed by atoms with van der Waals surface area (Å²) in [5.41, 5.74) is -0.641. The largest absolute Gasteiger partial charge is 0.331 e. The Kier molecular flexibility index (Phi) is 4.16. The quantitative estimate of drug-likeness (QED) is 0.789. The van der Waals surface area contributed by atoms with Crippen LogP contribution in [0.1, 0.15) is 26.6 Å². The summed E-state index contributed by atoms with van der Waals surface area (Å²) >= 11 is 0. The van der Waals surface area contributed by atoms with Crippen molar-refractivity contribution in [3.8, 4) is 0 Å². The van der Waals surface area contributed by atoms with Gasteiger partial charge in [-0.2, -0.15) is 5.10 Å². The average Bonchev–Trinajstić information content (AvgIpc) is 2.81. The van der Waals surface area contributed by atoms with Gasteiger partial charge in [0.05, 0.1) is 6.54 Å². The molecule has 0 aliphatic carbocycles. The normalized spacial score (nSPS) is 11.2. The van der Waals surface area contributed by atoms with Gasteiger partial charge in [-0.1, -0.05) is 13.8 Å². The van der Waals surface area contributed by atoms with Crippen LogP contribution >= 0.6 is 0 Å². The van der Waals surface area contributed by atoms with Crippen molar-refractivity contribution in [2.75, 3.05) is 0 Å². The van der Waals surface area contributed by atoms with Crippen molar-refractivity contribution in [3.63, 3.8) is 0 Å². The molecule has 0 aromatic carbocycles. The molecule has 2 heterocycles. The molecule has 7 heteroatoms. The second-order valence-electron chi connectivity index (χ2n) is 5.06. The van der Waals surface area contributed by atoms with Crippen molar-refractivity contribution in [2.45, 2.75) is 40.4 Å². The Morgan fingerprint density at radius 1 is 1.30 bits per heavy atom. The van der Waals surface area contributed by atoms with Gasteiger partial charge in [0, 0.05) is 25.4 Å². The molecular formula is C13H19N5O2. The van der Waals surface area contributed by atoms with Gasteiger partial charge in [0.15, 0.2) is 0 Å². The molecule has 0 unspecified atom stereocenters. The summed E-state index contributed by atoms with van der Waals surface area (Å²) in [6, 6.07) is 1.40. The fourth-order valence-corrected chi connectivity index (χ4v) is 1.99. The Bertz CT molecular complexity index is 695. The van der Waals surface area contributed by atoms with Gasteiger partial charge >= 0.3 is 5.69 Å². The predicted octanol–water partition coefficient (Wildman–Crippen LogP) is 0.326. The molecule has 0 aliphatic rings. The molecule has 0 aliphatic heterocycles. The molecule has 7 nitrogen and oxygen atoms in total. The van der Waals surface area contributed by atoms with E-state index in [-0.39, 0.29) is 17.8 Å². The summed E-state index contributed by atoms with van der Waals surface area (Å²) in [6.45, 7) is 7.38. The van der Waals surface area contributed by atoms with E-state index >= 15 is 0 Å². The van der Waals surface area contributed by atoms with E-state index in [1.807, 2.05) is 6.92 Å². The molecule has 0 saturated heterocycles. The first-order valence-corrected chi connectivity index (χ1v) is 6.70. The van der Waals surface area contributed by atoms with Gasteiger partial charge in [0.25, 0.3) is 5.56 Å². The van der Waals surface area contributed by atoms with Crippen LogP contribution in [0, 0.1) is 5.92 Å². The summed E-state index contributed by atoms with van der Waals surface area (Å²) in [5, 5.41) is 4.14. The Morgan fingerprint density at radius 2 is 2.05 bits per heavy atom. The SMILES string of the molecule is CCn1ccc(=O)n(Cc2ncnn2CC(C)C)c1=O. The minimum atomic E-state index is -0.321. The fraction of sp³-hybridized carbons (Fsp3) is 0.538. The van der Waals surface area contributed by atoms with Crippen LogP contribution in [0.25, 0.3) is 0 Å². The molecule has 0 atom stereocenters. The number of nitrogens with zero attached hydrogens (tertiary/aromatic N) is 5. The van der Waals surface area contributed by atoms with Crippen molar-refractivity contribution in [3.05, 3.63) is 45.3 Å². The third-order valence-electron chi connectivity index (χ3n) is 3.01. The first-order valence-electron chi connectivity index (χ1n) is 6.70. The molecule has 0 spiro atoms. The van der Waals surface area contributed by atoms with Crippen molar-refractivity contribution in [1.29, 1.82) is 0 Å². The molecule has 0 radical (unpaired) electrons. The standard InChI is InChI=1S/C13H19N5O2/c1-4-16-6-5-12(19)17(13(16)20)8-11-14-9-15-18(11)7-10(2)3/h5-6,9-10H,4,7-8H2,1-3H3. The molecule has 0 N–H and O–H groups in total. The molecule has 2 aromatic heterocycles. The van der Waals surface area contributed by atoms with E-state index in [0.29, 0.717) is 24.8 Å². The summed E-state index contributed by atoms with van der Waals surface area (Å²) in [4.78, 5) is 28.2. The highest BCUT2D eigenvalue weighted by Gasteiger charge is 2.11. The van der Waals surface area contributed by atoms with Crippen LogP contribution in [-0.4, -0.2) is 23.9 Å². The van der Waals surface area contributed by atoms with Gasteiger partial charge in [-0.05, 0) is 12.8 Å². The van der Waals surface area contributed by atoms with Crippen molar-refractivity contribution < 1.29 is 0 Å². The smallest absolute Gasteiger partial charge is 0.301 e. The van der Waals surface area contributed by atoms with Crippen molar-refractivity contribution in [2.24, 2.45) is 5.92 Å². The zero-order chi connectivity index (χ0) is 14.7. The highest BCUT2D eigenvalue weighted by atomic mass is 16.2. The number of rotatable bonds is 5. The minimum Gasteiger partial charge on any atom is -0.301 e. The summed E-state index contributed by atoms with van der Waals surface area (Å²) in [5.74, 6) is 1.03. The predicted molar refractivity (Wildman–Crippen MR) is 74.6 cm³/mol. The first-order chi connectivity index (χ1) is 9.52. The Balaban J connectivity index is 2.38. The molecular weight excluding hydrogens is 258 g/mol. The molecule has 0 bridgehead atoms. The maximum atomic E-state index is 12.1. The highest BCUT2D eigenvalue weighted by molar-refractivity contribution is 4.92. The second kappa shape index (κ2) is 5.85. The van der Waals surface area contributed by atoms with Crippen LogP contribution in [0.2, 0.25) is 0 Å². The highest BCUT2D eigenvalue weighted by Crippen LogP contribution is 2.01. The second-order valence-corrected chi connectivity index (χ2v) is 5.06. The summed E-state index contributed by atoms with van der Waals surface area (Å²) < 4.78 is 4.41. The van der Waals surface area contributed by atoms with Crippen LogP contribution in [0.5, 0.6) is 0 Å². The molecule has 2 aromatic rings. The maximum Gasteiger partial charge on any atom is 0.331 e. The van der Waals surface area contributed by atoms with Gasteiger partial charge in [-0.15, -0.1) is 0 Å². The molecule has 0 amide bonds. The van der Waals surface area contributed by atoms with Gasteiger partial charge < -0.3 is 4.57 Å². The third kappa shape index (κ3) is 2.87. The number of hydrogen-bond donors (Lipinski definition) is 0. The van der Waals surface area contributed by atoms with E-state index in [2.05, 4.69) is 23.9 Å². The lowest BCUT2D eigenvalue weighted by molar-refractivity contribution is 0.455. The lowest BCUT2D eigenvalue weighted by Crippen LogP contribution is -2.39. The Hall–Kier alpha value is -2.18. The van der Waals surface area contributed by atoms with Crippen LogP contribution < -0.4 is 11.2 Å². The Morgan fingerprint density at radius 3 is 2.70 bits per heavy atom. The zero-order valence-corrected chi connectivity index (χ0v) is 12.0. The lowest BCUT2D eigenvalue weighted by Gasteiger charge is -2.10. The summed E-state index contributed by atoms with van der Waals surface area (Å²) in [7, 11) is 0. The monoisotopic (exact) mass is 277 g/mol. The van der Waals surface area contributed by atoms with Gasteiger partial charge in [0.2, 0.25) is 0 Å². The van der Waals surface area contributed by atoms with E-state index < -0.39 is 0 Å². The topological polar surface area (TPSA) is 74.7 Å². The maximum absolute atomic E-state index is 12.1. The number of hydrogen-bond acceptors (Lipinski definition) is 4. The zero-order valence-electron chi connectivity index (χ0n) is 12.0. The van der Waals surface area contributed by atoms with Crippen LogP contribution in [0.15, 0.2) is 28.2 Å².